The van der Waals surface area contributed by atoms with E-state index in [1.807, 2.05) is 0 Å². The number of carbonyl (C=O) groups excluding carboxylic acids is 2. The lowest BCUT2D eigenvalue weighted by atomic mass is 9.70. The molecule has 4 nitrogen and oxygen atoms in total. The van der Waals surface area contributed by atoms with E-state index >= 15 is 0 Å². The van der Waals surface area contributed by atoms with Gasteiger partial charge in [-0.3, -0.25) is 10.1 Å². The van der Waals surface area contributed by atoms with Crippen LogP contribution < -0.4 is 10.6 Å². The Morgan fingerprint density at radius 1 is 1.43 bits per heavy atom. The summed E-state index contributed by atoms with van der Waals surface area (Å²) in [6.07, 6.45) is 3.49. The molecule has 1 fully saturated rings. The van der Waals surface area contributed by atoms with Crippen LogP contribution in [0.15, 0.2) is 0 Å². The van der Waals surface area contributed by atoms with Crippen molar-refractivity contribution in [2.45, 2.75) is 26.2 Å². The second-order valence-corrected chi connectivity index (χ2v) is 4.30. The minimum atomic E-state index is -0.470. The summed E-state index contributed by atoms with van der Waals surface area (Å²) in [5.41, 5.74) is 0.224. The van der Waals surface area contributed by atoms with Crippen LogP contribution in [0.3, 0.4) is 0 Å². The maximum absolute atomic E-state index is 11.1. The smallest absolute Gasteiger partial charge is 0.321 e. The Morgan fingerprint density at radius 2 is 2.07 bits per heavy atom. The lowest BCUT2D eigenvalue weighted by Crippen LogP contribution is -2.46. The first-order valence-electron chi connectivity index (χ1n) is 4.69. The lowest BCUT2D eigenvalue weighted by molar-refractivity contribution is -0.117. The molecule has 80 valence electrons. The number of imide groups is 1. The molecule has 1 aliphatic rings. The van der Waals surface area contributed by atoms with Gasteiger partial charge in [0.15, 0.2) is 0 Å². The highest BCUT2D eigenvalue weighted by molar-refractivity contribution is 6.28. The largest absolute Gasteiger partial charge is 0.337 e. The second kappa shape index (κ2) is 4.64. The summed E-state index contributed by atoms with van der Waals surface area (Å²) in [6, 6.07) is -0.455. The molecule has 0 aromatic carbocycles. The van der Waals surface area contributed by atoms with Crippen molar-refractivity contribution in [3.63, 3.8) is 0 Å². The van der Waals surface area contributed by atoms with E-state index in [-0.39, 0.29) is 11.3 Å². The Hall–Kier alpha value is -0.770. The molecule has 0 radical (unpaired) electrons. The molecule has 0 unspecified atom stereocenters. The summed E-state index contributed by atoms with van der Waals surface area (Å²) in [7, 11) is 0. The lowest BCUT2D eigenvalue weighted by Gasteiger charge is -2.38. The fourth-order valence-corrected chi connectivity index (χ4v) is 1.52. The fraction of sp³-hybridized carbons (Fsp3) is 0.778. The molecule has 0 aromatic heterocycles. The number of alkyl halides is 1. The van der Waals surface area contributed by atoms with Crippen molar-refractivity contribution >= 4 is 23.5 Å². The molecule has 1 rings (SSSR count). The number of hydrogen-bond acceptors (Lipinski definition) is 2. The minimum Gasteiger partial charge on any atom is -0.337 e. The predicted molar refractivity (Wildman–Crippen MR) is 54.2 cm³/mol. The molecule has 0 atom stereocenters. The number of amides is 3. The SMILES string of the molecule is CC1(CNC(=O)NC(=O)CCl)CCC1. The van der Waals surface area contributed by atoms with E-state index in [1.165, 1.54) is 6.42 Å². The van der Waals surface area contributed by atoms with Crippen molar-refractivity contribution in [1.82, 2.24) is 10.6 Å². The molecule has 14 heavy (non-hydrogen) atoms. The standard InChI is InChI=1S/C9H15ClN2O2/c1-9(3-2-4-9)6-11-8(14)12-7(13)5-10/h2-6H2,1H3,(H2,11,12,13,14). The summed E-state index contributed by atoms with van der Waals surface area (Å²) in [5.74, 6) is -0.659. The van der Waals surface area contributed by atoms with Gasteiger partial charge in [0.25, 0.3) is 0 Å². The maximum Gasteiger partial charge on any atom is 0.321 e. The third-order valence-electron chi connectivity index (χ3n) is 2.61. The zero-order valence-corrected chi connectivity index (χ0v) is 8.99. The van der Waals surface area contributed by atoms with E-state index in [1.54, 1.807) is 0 Å². The molecular formula is C9H15ClN2O2. The maximum atomic E-state index is 11.1. The van der Waals surface area contributed by atoms with Gasteiger partial charge < -0.3 is 5.32 Å². The van der Waals surface area contributed by atoms with Crippen LogP contribution in [0.1, 0.15) is 26.2 Å². The number of carbonyl (C=O) groups is 2. The van der Waals surface area contributed by atoms with Crippen molar-refractivity contribution in [2.75, 3.05) is 12.4 Å². The zero-order valence-electron chi connectivity index (χ0n) is 8.23. The van der Waals surface area contributed by atoms with Crippen molar-refractivity contribution < 1.29 is 9.59 Å². The van der Waals surface area contributed by atoms with Gasteiger partial charge >= 0.3 is 6.03 Å². The van der Waals surface area contributed by atoms with E-state index < -0.39 is 11.9 Å². The van der Waals surface area contributed by atoms with Gasteiger partial charge in [-0.1, -0.05) is 13.3 Å². The summed E-state index contributed by atoms with van der Waals surface area (Å²) in [4.78, 5) is 21.8. The second-order valence-electron chi connectivity index (χ2n) is 4.03. The van der Waals surface area contributed by atoms with Crippen molar-refractivity contribution in [3.8, 4) is 0 Å². The van der Waals surface area contributed by atoms with E-state index in [2.05, 4.69) is 17.6 Å². The third kappa shape index (κ3) is 3.18. The van der Waals surface area contributed by atoms with Crippen LogP contribution in [-0.4, -0.2) is 24.4 Å². The van der Waals surface area contributed by atoms with Crippen LogP contribution in [0.5, 0.6) is 0 Å². The Kier molecular flexibility index (Phi) is 3.75. The topological polar surface area (TPSA) is 58.2 Å². The van der Waals surface area contributed by atoms with Gasteiger partial charge in [-0.15, -0.1) is 11.6 Å². The van der Waals surface area contributed by atoms with Crippen LogP contribution in [0.2, 0.25) is 0 Å². The fourth-order valence-electron chi connectivity index (χ4n) is 1.46. The number of hydrogen-bond donors (Lipinski definition) is 2. The van der Waals surface area contributed by atoms with Gasteiger partial charge in [-0.05, 0) is 18.3 Å². The molecule has 0 saturated heterocycles. The summed E-state index contributed by atoms with van der Waals surface area (Å²) in [6.45, 7) is 2.74. The molecule has 3 amide bonds. The molecule has 0 aromatic rings. The third-order valence-corrected chi connectivity index (χ3v) is 2.85. The Morgan fingerprint density at radius 3 is 2.50 bits per heavy atom. The minimum absolute atomic E-state index is 0.190. The Balaban J connectivity index is 2.17. The van der Waals surface area contributed by atoms with E-state index in [9.17, 15) is 9.59 Å². The first-order valence-corrected chi connectivity index (χ1v) is 5.23. The van der Waals surface area contributed by atoms with Gasteiger partial charge in [-0.25, -0.2) is 4.79 Å². The van der Waals surface area contributed by atoms with E-state index in [4.69, 9.17) is 11.6 Å². The molecule has 1 saturated carbocycles. The first-order chi connectivity index (χ1) is 6.56. The van der Waals surface area contributed by atoms with Crippen LogP contribution in [-0.2, 0) is 4.79 Å². The molecule has 2 N–H and O–H groups in total. The van der Waals surface area contributed by atoms with Gasteiger partial charge in [-0.2, -0.15) is 0 Å². The monoisotopic (exact) mass is 218 g/mol. The summed E-state index contributed by atoms with van der Waals surface area (Å²) < 4.78 is 0. The average molecular weight is 219 g/mol. The highest BCUT2D eigenvalue weighted by atomic mass is 35.5. The van der Waals surface area contributed by atoms with Gasteiger partial charge in [0.1, 0.15) is 5.88 Å². The number of urea groups is 1. The van der Waals surface area contributed by atoms with Crippen LogP contribution in [0, 0.1) is 5.41 Å². The van der Waals surface area contributed by atoms with Crippen LogP contribution in [0.25, 0.3) is 0 Å². The molecule has 5 heteroatoms. The van der Waals surface area contributed by atoms with Gasteiger partial charge in [0.2, 0.25) is 5.91 Å². The van der Waals surface area contributed by atoms with Crippen molar-refractivity contribution in [2.24, 2.45) is 5.41 Å². The Bertz CT molecular complexity index is 239. The first kappa shape index (κ1) is 11.3. The number of rotatable bonds is 3. The predicted octanol–water partition coefficient (Wildman–Crippen LogP) is 1.24. The van der Waals surface area contributed by atoms with Gasteiger partial charge in [0.05, 0.1) is 0 Å². The van der Waals surface area contributed by atoms with Crippen molar-refractivity contribution in [3.05, 3.63) is 0 Å². The van der Waals surface area contributed by atoms with E-state index in [0.29, 0.717) is 6.54 Å². The zero-order chi connectivity index (χ0) is 10.6. The molecule has 1 aliphatic carbocycles. The van der Waals surface area contributed by atoms with Crippen molar-refractivity contribution in [1.29, 1.82) is 0 Å². The average Bonchev–Trinajstić information content (AvgIpc) is 2.11. The number of halogens is 1. The molecule has 0 heterocycles. The summed E-state index contributed by atoms with van der Waals surface area (Å²) in [5, 5.41) is 4.79. The van der Waals surface area contributed by atoms with Gasteiger partial charge in [0, 0.05) is 6.54 Å². The quantitative estimate of drug-likeness (QED) is 0.701. The summed E-state index contributed by atoms with van der Waals surface area (Å²) >= 11 is 5.23. The Labute approximate surface area is 88.4 Å². The molecule has 0 spiro atoms. The highest BCUT2D eigenvalue weighted by Gasteiger charge is 2.31. The number of nitrogens with one attached hydrogen (secondary N) is 2. The molecular weight excluding hydrogens is 204 g/mol. The normalized spacial score (nSPS) is 18.1. The molecule has 0 aliphatic heterocycles. The van der Waals surface area contributed by atoms with Crippen LogP contribution in [0.4, 0.5) is 4.79 Å². The molecule has 0 bridgehead atoms. The van der Waals surface area contributed by atoms with E-state index in [0.717, 1.165) is 12.8 Å². The highest BCUT2D eigenvalue weighted by Crippen LogP contribution is 2.39. The van der Waals surface area contributed by atoms with Crippen LogP contribution >= 0.6 is 11.6 Å².